The van der Waals surface area contributed by atoms with Crippen molar-refractivity contribution < 1.29 is 0 Å². The molecule has 0 saturated carbocycles. The highest BCUT2D eigenvalue weighted by atomic mass is 32.1. The van der Waals surface area contributed by atoms with Crippen molar-refractivity contribution in [3.63, 3.8) is 0 Å². The summed E-state index contributed by atoms with van der Waals surface area (Å²) in [6.07, 6.45) is 4.02. The molecule has 3 rings (SSSR count). The van der Waals surface area contributed by atoms with Crippen LogP contribution in [-0.2, 0) is 6.54 Å². The summed E-state index contributed by atoms with van der Waals surface area (Å²) >= 11 is 1.51. The number of fused-ring (bicyclic) bond motifs is 1. The van der Waals surface area contributed by atoms with Gasteiger partial charge >= 0.3 is 0 Å². The fourth-order valence-corrected chi connectivity index (χ4v) is 2.90. The number of rotatable bonds is 2. The van der Waals surface area contributed by atoms with Crippen molar-refractivity contribution in [1.29, 1.82) is 0 Å². The van der Waals surface area contributed by atoms with Gasteiger partial charge < -0.3 is 5.32 Å². The van der Waals surface area contributed by atoms with Crippen molar-refractivity contribution in [2.75, 3.05) is 6.54 Å². The van der Waals surface area contributed by atoms with E-state index in [1.54, 1.807) is 10.9 Å². The second kappa shape index (κ2) is 3.99. The first-order valence-corrected chi connectivity index (χ1v) is 6.38. The molecule has 0 amide bonds. The van der Waals surface area contributed by atoms with Crippen LogP contribution in [0.15, 0.2) is 22.6 Å². The van der Waals surface area contributed by atoms with Crippen molar-refractivity contribution in [3.05, 3.63) is 28.1 Å². The van der Waals surface area contributed by atoms with E-state index < -0.39 is 0 Å². The van der Waals surface area contributed by atoms with Gasteiger partial charge in [0.15, 0.2) is 0 Å². The third-order valence-corrected chi connectivity index (χ3v) is 3.85. The van der Waals surface area contributed by atoms with E-state index in [4.69, 9.17) is 0 Å². The molecule has 5 heteroatoms. The van der Waals surface area contributed by atoms with Crippen molar-refractivity contribution in [2.24, 2.45) is 0 Å². The average Bonchev–Trinajstić information content (AvgIpc) is 2.93. The first-order valence-electron chi connectivity index (χ1n) is 5.50. The topological polar surface area (TPSA) is 46.9 Å². The minimum atomic E-state index is 0.0833. The summed E-state index contributed by atoms with van der Waals surface area (Å²) in [5, 5.41) is 6.04. The molecular formula is C11H13N3OS. The van der Waals surface area contributed by atoms with Gasteiger partial charge in [0.25, 0.3) is 5.56 Å². The molecule has 1 aliphatic rings. The van der Waals surface area contributed by atoms with Crippen LogP contribution >= 0.6 is 11.3 Å². The van der Waals surface area contributed by atoms with Gasteiger partial charge in [-0.2, -0.15) is 0 Å². The van der Waals surface area contributed by atoms with Gasteiger partial charge in [0.05, 0.1) is 11.7 Å². The number of thiophene rings is 1. The van der Waals surface area contributed by atoms with Crippen LogP contribution in [-0.4, -0.2) is 22.1 Å². The molecule has 3 heterocycles. The van der Waals surface area contributed by atoms with Gasteiger partial charge in [0, 0.05) is 12.6 Å². The van der Waals surface area contributed by atoms with Gasteiger partial charge in [-0.25, -0.2) is 4.98 Å². The Balaban J connectivity index is 1.96. The number of hydrogen-bond acceptors (Lipinski definition) is 4. The lowest BCUT2D eigenvalue weighted by molar-refractivity contribution is 0.497. The van der Waals surface area contributed by atoms with Gasteiger partial charge in [0.1, 0.15) is 4.83 Å². The summed E-state index contributed by atoms with van der Waals surface area (Å²) < 4.78 is 1.72. The van der Waals surface area contributed by atoms with Crippen molar-refractivity contribution >= 4 is 21.6 Å². The van der Waals surface area contributed by atoms with Gasteiger partial charge in [-0.05, 0) is 30.8 Å². The Morgan fingerprint density at radius 2 is 2.56 bits per heavy atom. The molecule has 4 nitrogen and oxygen atoms in total. The quantitative estimate of drug-likeness (QED) is 0.851. The number of nitrogens with one attached hydrogen (secondary N) is 1. The Hall–Kier alpha value is -1.20. The Morgan fingerprint density at radius 1 is 1.62 bits per heavy atom. The van der Waals surface area contributed by atoms with Crippen LogP contribution in [0, 0.1) is 0 Å². The Morgan fingerprint density at radius 3 is 3.38 bits per heavy atom. The molecule has 84 valence electrons. The fourth-order valence-electron chi connectivity index (χ4n) is 2.17. The molecular weight excluding hydrogens is 222 g/mol. The molecule has 1 unspecified atom stereocenters. The van der Waals surface area contributed by atoms with Crippen molar-refractivity contribution in [1.82, 2.24) is 14.9 Å². The smallest absolute Gasteiger partial charge is 0.262 e. The van der Waals surface area contributed by atoms with Crippen LogP contribution in [0.4, 0.5) is 0 Å². The highest BCUT2D eigenvalue weighted by Gasteiger charge is 2.15. The molecule has 1 fully saturated rings. The van der Waals surface area contributed by atoms with Crippen LogP contribution in [0.3, 0.4) is 0 Å². The third-order valence-electron chi connectivity index (χ3n) is 3.03. The molecule has 2 aromatic rings. The summed E-state index contributed by atoms with van der Waals surface area (Å²) in [6.45, 7) is 1.80. The zero-order valence-electron chi connectivity index (χ0n) is 8.85. The summed E-state index contributed by atoms with van der Waals surface area (Å²) in [4.78, 5) is 17.2. The molecule has 16 heavy (non-hydrogen) atoms. The molecule has 1 N–H and O–H groups in total. The molecule has 2 aromatic heterocycles. The maximum absolute atomic E-state index is 12.1. The standard InChI is InChI=1S/C11H13N3OS/c15-11-9-3-5-16-10(9)13-7-14(11)6-8-2-1-4-12-8/h3,5,7-8,12H,1-2,4,6H2. The summed E-state index contributed by atoms with van der Waals surface area (Å²) in [5.74, 6) is 0. The summed E-state index contributed by atoms with van der Waals surface area (Å²) in [6, 6.07) is 2.28. The molecule has 0 aliphatic carbocycles. The van der Waals surface area contributed by atoms with Crippen LogP contribution in [0.5, 0.6) is 0 Å². The van der Waals surface area contributed by atoms with Gasteiger partial charge in [-0.1, -0.05) is 0 Å². The van der Waals surface area contributed by atoms with E-state index in [1.807, 2.05) is 11.4 Å². The predicted octanol–water partition coefficient (Wildman–Crippen LogP) is 1.21. The second-order valence-corrected chi connectivity index (χ2v) is 5.03. The minimum absolute atomic E-state index is 0.0833. The number of aromatic nitrogens is 2. The maximum atomic E-state index is 12.1. The van der Waals surface area contributed by atoms with Crippen LogP contribution in [0.25, 0.3) is 10.2 Å². The van der Waals surface area contributed by atoms with E-state index in [2.05, 4.69) is 10.3 Å². The number of nitrogens with zero attached hydrogens (tertiary/aromatic N) is 2. The van der Waals surface area contributed by atoms with Crippen LogP contribution < -0.4 is 10.9 Å². The normalized spacial score (nSPS) is 20.6. The lowest BCUT2D eigenvalue weighted by Gasteiger charge is -2.11. The lowest BCUT2D eigenvalue weighted by atomic mass is 10.2. The molecule has 0 spiro atoms. The first-order chi connectivity index (χ1) is 7.84. The molecule has 1 atom stereocenters. The van der Waals surface area contributed by atoms with E-state index in [0.29, 0.717) is 6.04 Å². The zero-order chi connectivity index (χ0) is 11.0. The largest absolute Gasteiger partial charge is 0.312 e. The van der Waals surface area contributed by atoms with E-state index >= 15 is 0 Å². The summed E-state index contributed by atoms with van der Waals surface area (Å²) in [7, 11) is 0. The van der Waals surface area contributed by atoms with Crippen molar-refractivity contribution in [3.8, 4) is 0 Å². The highest BCUT2D eigenvalue weighted by molar-refractivity contribution is 7.16. The zero-order valence-corrected chi connectivity index (χ0v) is 9.67. The number of hydrogen-bond donors (Lipinski definition) is 1. The molecule has 1 saturated heterocycles. The SMILES string of the molecule is O=c1c2ccsc2ncn1CC1CCCN1. The molecule has 0 aromatic carbocycles. The van der Waals surface area contributed by atoms with Gasteiger partial charge in [-0.3, -0.25) is 9.36 Å². The third kappa shape index (κ3) is 1.66. The monoisotopic (exact) mass is 235 g/mol. The van der Waals surface area contributed by atoms with E-state index in [9.17, 15) is 4.79 Å². The maximum Gasteiger partial charge on any atom is 0.262 e. The first kappa shape index (κ1) is 9.99. The molecule has 0 radical (unpaired) electrons. The van der Waals surface area contributed by atoms with Crippen molar-refractivity contribution in [2.45, 2.75) is 25.4 Å². The predicted molar refractivity (Wildman–Crippen MR) is 64.9 cm³/mol. The molecule has 0 bridgehead atoms. The van der Waals surface area contributed by atoms with E-state index in [0.717, 1.165) is 29.7 Å². The Kier molecular flexibility index (Phi) is 2.49. The lowest BCUT2D eigenvalue weighted by Crippen LogP contribution is -2.32. The summed E-state index contributed by atoms with van der Waals surface area (Å²) in [5.41, 5.74) is 0.0833. The van der Waals surface area contributed by atoms with Crippen LogP contribution in [0.1, 0.15) is 12.8 Å². The molecule has 1 aliphatic heterocycles. The fraction of sp³-hybridized carbons (Fsp3) is 0.455. The Labute approximate surface area is 96.9 Å². The highest BCUT2D eigenvalue weighted by Crippen LogP contribution is 2.14. The average molecular weight is 235 g/mol. The van der Waals surface area contributed by atoms with E-state index in [-0.39, 0.29) is 5.56 Å². The van der Waals surface area contributed by atoms with E-state index in [1.165, 1.54) is 17.8 Å². The Bertz CT molecular complexity index is 554. The van der Waals surface area contributed by atoms with Crippen LogP contribution in [0.2, 0.25) is 0 Å². The van der Waals surface area contributed by atoms with Gasteiger partial charge in [-0.15, -0.1) is 11.3 Å². The minimum Gasteiger partial charge on any atom is -0.312 e. The van der Waals surface area contributed by atoms with Gasteiger partial charge in [0.2, 0.25) is 0 Å². The second-order valence-electron chi connectivity index (χ2n) is 4.13.